The molecule has 0 saturated heterocycles. The second kappa shape index (κ2) is 5.30. The number of halogens is 1. The van der Waals surface area contributed by atoms with Crippen LogP contribution in [0.5, 0.6) is 0 Å². The molecule has 0 atom stereocenters. The molecular weight excluding hydrogens is 299 g/mol. The summed E-state index contributed by atoms with van der Waals surface area (Å²) in [6, 6.07) is 8.11. The highest BCUT2D eigenvalue weighted by Crippen LogP contribution is 2.18. The van der Waals surface area contributed by atoms with Crippen molar-refractivity contribution in [2.75, 3.05) is 5.73 Å². The van der Waals surface area contributed by atoms with Gasteiger partial charge in [-0.3, -0.25) is 0 Å². The van der Waals surface area contributed by atoms with Gasteiger partial charge in [-0.2, -0.15) is 0 Å². The number of hydrogen-bond donors (Lipinski definition) is 1. The van der Waals surface area contributed by atoms with Crippen molar-refractivity contribution in [2.45, 2.75) is 19.9 Å². The maximum Gasteiger partial charge on any atom is 0.176 e. The van der Waals surface area contributed by atoms with Gasteiger partial charge in [0.1, 0.15) is 6.54 Å². The first kappa shape index (κ1) is 12.2. The van der Waals surface area contributed by atoms with E-state index in [2.05, 4.69) is 36.0 Å². The van der Waals surface area contributed by atoms with Crippen LogP contribution in [0.4, 0.5) is 5.69 Å². The Hall–Kier alpha value is -0.840. The first-order valence-corrected chi connectivity index (χ1v) is 4.98. The summed E-state index contributed by atoms with van der Waals surface area (Å²) in [7, 11) is 0. The Morgan fingerprint density at radius 2 is 2.07 bits per heavy atom. The van der Waals surface area contributed by atoms with Gasteiger partial charge in [0.05, 0.1) is 0 Å². The minimum Gasteiger partial charge on any atom is -1.00 e. The van der Waals surface area contributed by atoms with Gasteiger partial charge in [0.2, 0.25) is 0 Å². The minimum absolute atomic E-state index is 0. The van der Waals surface area contributed by atoms with Crippen molar-refractivity contribution in [1.29, 1.82) is 0 Å². The number of nitrogen functional groups attached to an aromatic ring is 1. The molecule has 0 aliphatic carbocycles. The Balaban J connectivity index is 0.00000112. The van der Waals surface area contributed by atoms with Crippen molar-refractivity contribution in [2.24, 2.45) is 0 Å². The molecule has 0 aliphatic rings. The lowest BCUT2D eigenvalue weighted by Crippen LogP contribution is -3.00. The average Bonchev–Trinajstić information content (AvgIpc) is 2.18. The second-order valence-corrected chi connectivity index (χ2v) is 3.53. The number of nitrogens with zero attached hydrogens (tertiary/aromatic N) is 1. The Labute approximate surface area is 107 Å². The molecule has 0 spiro atoms. The minimum atomic E-state index is 0. The van der Waals surface area contributed by atoms with Crippen molar-refractivity contribution < 1.29 is 28.5 Å². The molecule has 0 fully saturated rings. The van der Waals surface area contributed by atoms with Crippen LogP contribution in [0.25, 0.3) is 10.8 Å². The Morgan fingerprint density at radius 3 is 2.80 bits per heavy atom. The van der Waals surface area contributed by atoms with Gasteiger partial charge in [0.25, 0.3) is 0 Å². The summed E-state index contributed by atoms with van der Waals surface area (Å²) in [6.07, 6.45) is 5.38. The summed E-state index contributed by atoms with van der Waals surface area (Å²) in [6.45, 7) is 3.24. The van der Waals surface area contributed by atoms with E-state index in [-0.39, 0.29) is 24.0 Å². The zero-order valence-electron chi connectivity index (χ0n) is 8.78. The van der Waals surface area contributed by atoms with E-state index in [0.29, 0.717) is 0 Å². The van der Waals surface area contributed by atoms with Gasteiger partial charge >= 0.3 is 0 Å². The number of anilines is 1. The molecule has 80 valence electrons. The van der Waals surface area contributed by atoms with Crippen molar-refractivity contribution in [3.05, 3.63) is 36.7 Å². The quantitative estimate of drug-likeness (QED) is 0.436. The van der Waals surface area contributed by atoms with E-state index in [1.54, 1.807) is 0 Å². The fourth-order valence-electron chi connectivity index (χ4n) is 1.70. The summed E-state index contributed by atoms with van der Waals surface area (Å²) in [5.74, 6) is 0. The summed E-state index contributed by atoms with van der Waals surface area (Å²) < 4.78 is 2.20. The number of nitrogens with two attached hydrogens (primary N) is 1. The second-order valence-electron chi connectivity index (χ2n) is 3.53. The maximum atomic E-state index is 5.87. The average molecular weight is 314 g/mol. The van der Waals surface area contributed by atoms with Crippen LogP contribution >= 0.6 is 0 Å². The van der Waals surface area contributed by atoms with Gasteiger partial charge in [-0.25, -0.2) is 4.57 Å². The molecule has 2 rings (SSSR count). The predicted octanol–water partition coefficient (Wildman–Crippen LogP) is -0.876. The van der Waals surface area contributed by atoms with E-state index >= 15 is 0 Å². The molecule has 0 bridgehead atoms. The van der Waals surface area contributed by atoms with Crippen molar-refractivity contribution in [1.82, 2.24) is 0 Å². The molecule has 3 heteroatoms. The number of fused-ring (bicyclic) bond motifs is 1. The standard InChI is InChI=1S/C12H15N2.HI/c1-2-7-14-8-6-11-10(9-14)4-3-5-12(11)13;/h3-6,8-9H,2,7,13H2,1H3;1H/q+1;/p-1. The highest BCUT2D eigenvalue weighted by molar-refractivity contribution is 5.91. The van der Waals surface area contributed by atoms with Gasteiger partial charge in [-0.1, -0.05) is 13.0 Å². The number of hydrogen-bond acceptors (Lipinski definition) is 1. The van der Waals surface area contributed by atoms with Gasteiger partial charge in [-0.15, -0.1) is 0 Å². The van der Waals surface area contributed by atoms with E-state index in [4.69, 9.17) is 5.73 Å². The third-order valence-electron chi connectivity index (χ3n) is 2.39. The van der Waals surface area contributed by atoms with Crippen LogP contribution in [0.15, 0.2) is 36.7 Å². The Kier molecular flexibility index (Phi) is 4.32. The molecule has 0 saturated carbocycles. The van der Waals surface area contributed by atoms with Crippen molar-refractivity contribution in [3.63, 3.8) is 0 Å². The third-order valence-corrected chi connectivity index (χ3v) is 2.39. The van der Waals surface area contributed by atoms with Crippen LogP contribution in [0.3, 0.4) is 0 Å². The number of pyridine rings is 1. The van der Waals surface area contributed by atoms with Crippen molar-refractivity contribution >= 4 is 16.5 Å². The summed E-state index contributed by atoms with van der Waals surface area (Å²) in [5.41, 5.74) is 6.72. The smallest absolute Gasteiger partial charge is 0.176 e. The summed E-state index contributed by atoms with van der Waals surface area (Å²) >= 11 is 0. The highest BCUT2D eigenvalue weighted by atomic mass is 127. The van der Waals surface area contributed by atoms with Crippen molar-refractivity contribution in [3.8, 4) is 0 Å². The molecule has 0 amide bonds. The molecule has 15 heavy (non-hydrogen) atoms. The van der Waals surface area contributed by atoms with E-state index in [9.17, 15) is 0 Å². The lowest BCUT2D eigenvalue weighted by Gasteiger charge is -2.00. The van der Waals surface area contributed by atoms with Gasteiger partial charge in [-0.05, 0) is 12.1 Å². The first-order chi connectivity index (χ1) is 6.81. The molecular formula is C12H15IN2. The molecule has 1 aromatic heterocycles. The number of benzene rings is 1. The third kappa shape index (κ3) is 2.59. The topological polar surface area (TPSA) is 29.9 Å². The SMILES string of the molecule is CCC[n+]1ccc2c(N)cccc2c1.[I-]. The molecule has 1 aromatic carbocycles. The molecule has 2 nitrogen and oxygen atoms in total. The van der Waals surface area contributed by atoms with Gasteiger partial charge in [0.15, 0.2) is 12.4 Å². The number of aromatic nitrogens is 1. The Morgan fingerprint density at radius 1 is 1.27 bits per heavy atom. The fraction of sp³-hybridized carbons (Fsp3) is 0.250. The van der Waals surface area contributed by atoms with E-state index in [1.807, 2.05) is 12.1 Å². The van der Waals surface area contributed by atoms with Gasteiger partial charge < -0.3 is 29.7 Å². The summed E-state index contributed by atoms with van der Waals surface area (Å²) in [4.78, 5) is 0. The van der Waals surface area contributed by atoms with E-state index in [0.717, 1.165) is 24.0 Å². The van der Waals surface area contributed by atoms with Crippen LogP contribution < -0.4 is 34.3 Å². The lowest BCUT2D eigenvalue weighted by atomic mass is 10.1. The number of aryl methyl sites for hydroxylation is 1. The van der Waals surface area contributed by atoms with Crippen LogP contribution in [-0.4, -0.2) is 0 Å². The highest BCUT2D eigenvalue weighted by Gasteiger charge is 2.03. The Bertz CT molecular complexity index is 454. The molecule has 2 N–H and O–H groups in total. The zero-order valence-corrected chi connectivity index (χ0v) is 10.9. The summed E-state index contributed by atoms with van der Waals surface area (Å²) in [5, 5.41) is 2.35. The fourth-order valence-corrected chi connectivity index (χ4v) is 1.70. The monoisotopic (exact) mass is 314 g/mol. The molecule has 0 radical (unpaired) electrons. The van der Waals surface area contributed by atoms with Crippen LogP contribution in [-0.2, 0) is 6.54 Å². The lowest BCUT2D eigenvalue weighted by molar-refractivity contribution is -0.695. The van der Waals surface area contributed by atoms with E-state index < -0.39 is 0 Å². The van der Waals surface area contributed by atoms with Crippen LogP contribution in [0, 0.1) is 0 Å². The zero-order chi connectivity index (χ0) is 9.97. The molecule has 0 unspecified atom stereocenters. The van der Waals surface area contributed by atoms with E-state index in [1.165, 1.54) is 5.39 Å². The predicted molar refractivity (Wildman–Crippen MR) is 58.8 cm³/mol. The van der Waals surface area contributed by atoms with Crippen LogP contribution in [0.1, 0.15) is 13.3 Å². The largest absolute Gasteiger partial charge is 1.00 e. The molecule has 2 aromatic rings. The molecule has 0 aliphatic heterocycles. The van der Waals surface area contributed by atoms with Gasteiger partial charge in [0, 0.05) is 28.9 Å². The van der Waals surface area contributed by atoms with Crippen LogP contribution in [0.2, 0.25) is 0 Å². The normalized spacial score (nSPS) is 9.93. The maximum absolute atomic E-state index is 5.87. The first-order valence-electron chi connectivity index (χ1n) is 4.98. The molecule has 1 heterocycles. The number of rotatable bonds is 2.